The minimum atomic E-state index is -0.0305. The molecule has 1 aromatic carbocycles. The third-order valence-corrected chi connectivity index (χ3v) is 2.77. The Kier molecular flexibility index (Phi) is 2.86. The van der Waals surface area contributed by atoms with Crippen molar-refractivity contribution >= 4 is 21.6 Å². The Hall–Kier alpha value is -1.57. The maximum Gasteiger partial charge on any atom is 0.305 e. The molecule has 76 valence electrons. The molecule has 1 heterocycles. The largest absolute Gasteiger partial charge is 0.330 e. The lowest BCUT2D eigenvalue weighted by molar-refractivity contribution is 1.03. The monoisotopic (exact) mass is 218 g/mol. The number of benzene rings is 1. The van der Waals surface area contributed by atoms with Crippen molar-refractivity contribution in [3.63, 3.8) is 0 Å². The number of nitrogens with one attached hydrogen (secondary N) is 1. The van der Waals surface area contributed by atoms with Gasteiger partial charge in [-0.2, -0.15) is 0 Å². The van der Waals surface area contributed by atoms with E-state index in [9.17, 15) is 4.79 Å². The van der Waals surface area contributed by atoms with E-state index in [1.54, 1.807) is 0 Å². The van der Waals surface area contributed by atoms with Gasteiger partial charge in [-0.1, -0.05) is 23.2 Å². The van der Waals surface area contributed by atoms with Crippen molar-refractivity contribution in [2.75, 3.05) is 6.54 Å². The fourth-order valence-corrected chi connectivity index (χ4v) is 2.04. The van der Waals surface area contributed by atoms with Gasteiger partial charge in [-0.15, -0.1) is 0 Å². The lowest BCUT2D eigenvalue weighted by atomic mass is 10.2. The van der Waals surface area contributed by atoms with Gasteiger partial charge in [0.2, 0.25) is 0 Å². The summed E-state index contributed by atoms with van der Waals surface area (Å²) in [5.41, 5.74) is 7.13. The molecule has 0 unspecified atom stereocenters. The van der Waals surface area contributed by atoms with Gasteiger partial charge in [0.05, 0.1) is 10.2 Å². The van der Waals surface area contributed by atoms with Gasteiger partial charge in [-0.3, -0.25) is 4.79 Å². The highest BCUT2D eigenvalue weighted by Gasteiger charge is 1.98. The summed E-state index contributed by atoms with van der Waals surface area (Å²) in [4.78, 5) is 13.8. The van der Waals surface area contributed by atoms with E-state index in [0.717, 1.165) is 15.8 Å². The highest BCUT2D eigenvalue weighted by Crippen LogP contribution is 2.15. The molecule has 3 N–H and O–H groups in total. The first-order chi connectivity index (χ1) is 7.29. The van der Waals surface area contributed by atoms with Crippen LogP contribution in [0.15, 0.2) is 23.0 Å². The number of rotatable bonds is 1. The minimum Gasteiger partial charge on any atom is -0.330 e. The van der Waals surface area contributed by atoms with Crippen LogP contribution >= 0.6 is 11.3 Å². The third-order valence-electron chi connectivity index (χ3n) is 1.92. The second-order valence-corrected chi connectivity index (χ2v) is 4.08. The summed E-state index contributed by atoms with van der Waals surface area (Å²) in [7, 11) is 0. The second-order valence-electron chi connectivity index (χ2n) is 3.07. The van der Waals surface area contributed by atoms with E-state index >= 15 is 0 Å². The van der Waals surface area contributed by atoms with Gasteiger partial charge in [-0.25, -0.2) is 0 Å². The molecule has 0 atom stereocenters. The lowest BCUT2D eigenvalue weighted by Crippen LogP contribution is -1.95. The molecular weight excluding hydrogens is 208 g/mol. The van der Waals surface area contributed by atoms with Crippen molar-refractivity contribution in [3.8, 4) is 11.8 Å². The lowest BCUT2D eigenvalue weighted by Gasteiger charge is -1.90. The fraction of sp³-hybridized carbons (Fsp3) is 0.182. The maximum atomic E-state index is 11.1. The molecule has 2 rings (SSSR count). The molecule has 0 bridgehead atoms. The zero-order valence-corrected chi connectivity index (χ0v) is 8.86. The highest BCUT2D eigenvalue weighted by atomic mass is 32.1. The summed E-state index contributed by atoms with van der Waals surface area (Å²) in [6, 6.07) is 5.69. The Labute approximate surface area is 90.9 Å². The summed E-state index contributed by atoms with van der Waals surface area (Å²) in [6.45, 7) is 0.576. The first kappa shape index (κ1) is 9.97. The standard InChI is InChI=1S/C11H10N2OS/c12-6-2-1-3-8-4-5-9-10(7-8)15-11(14)13-9/h4-5,7H,2,6,12H2,(H,13,14). The Morgan fingerprint density at radius 2 is 2.33 bits per heavy atom. The topological polar surface area (TPSA) is 58.9 Å². The molecule has 0 aliphatic carbocycles. The number of hydrogen-bond acceptors (Lipinski definition) is 3. The number of aromatic amines is 1. The van der Waals surface area contributed by atoms with Crippen molar-refractivity contribution in [3.05, 3.63) is 33.4 Å². The van der Waals surface area contributed by atoms with Crippen molar-refractivity contribution < 1.29 is 0 Å². The fourth-order valence-electron chi connectivity index (χ4n) is 1.26. The van der Waals surface area contributed by atoms with Gasteiger partial charge in [0, 0.05) is 18.5 Å². The number of aromatic nitrogens is 1. The predicted octanol–water partition coefficient (Wildman–Crippen LogP) is 1.29. The average molecular weight is 218 g/mol. The molecule has 0 saturated carbocycles. The molecule has 0 fully saturated rings. The predicted molar refractivity (Wildman–Crippen MR) is 63.0 cm³/mol. The highest BCUT2D eigenvalue weighted by molar-refractivity contribution is 7.16. The average Bonchev–Trinajstić information content (AvgIpc) is 2.57. The van der Waals surface area contributed by atoms with Crippen molar-refractivity contribution in [2.45, 2.75) is 6.42 Å². The number of thiazole rings is 1. The van der Waals surface area contributed by atoms with Gasteiger partial charge in [-0.05, 0) is 18.2 Å². The van der Waals surface area contributed by atoms with Crippen molar-refractivity contribution in [1.29, 1.82) is 0 Å². The number of hydrogen-bond donors (Lipinski definition) is 2. The molecular formula is C11H10N2OS. The minimum absolute atomic E-state index is 0.0305. The summed E-state index contributed by atoms with van der Waals surface area (Å²) >= 11 is 1.20. The van der Waals surface area contributed by atoms with Crippen LogP contribution in [0.1, 0.15) is 12.0 Å². The molecule has 0 aliphatic heterocycles. The van der Waals surface area contributed by atoms with Crippen molar-refractivity contribution in [2.24, 2.45) is 5.73 Å². The van der Waals surface area contributed by atoms with E-state index in [2.05, 4.69) is 16.8 Å². The first-order valence-corrected chi connectivity index (χ1v) is 5.43. The van der Waals surface area contributed by atoms with Crippen LogP contribution < -0.4 is 10.6 Å². The summed E-state index contributed by atoms with van der Waals surface area (Å²) in [5, 5.41) is 0. The van der Waals surface area contributed by atoms with E-state index in [4.69, 9.17) is 5.73 Å². The van der Waals surface area contributed by atoms with E-state index in [-0.39, 0.29) is 4.87 Å². The van der Waals surface area contributed by atoms with Gasteiger partial charge >= 0.3 is 4.87 Å². The van der Waals surface area contributed by atoms with Crippen LogP contribution in [0.25, 0.3) is 10.2 Å². The first-order valence-electron chi connectivity index (χ1n) is 4.61. The van der Waals surface area contributed by atoms with Gasteiger partial charge in [0.1, 0.15) is 0 Å². The van der Waals surface area contributed by atoms with Crippen LogP contribution in [-0.4, -0.2) is 11.5 Å². The number of H-pyrrole nitrogens is 1. The SMILES string of the molecule is NCCC#Cc1ccc2[nH]c(=O)sc2c1. The molecule has 0 amide bonds. The van der Waals surface area contributed by atoms with Gasteiger partial charge < -0.3 is 10.7 Å². The van der Waals surface area contributed by atoms with Crippen LogP contribution in [0.3, 0.4) is 0 Å². The van der Waals surface area contributed by atoms with Crippen molar-refractivity contribution in [1.82, 2.24) is 4.98 Å². The molecule has 0 aliphatic rings. The number of fused-ring (bicyclic) bond motifs is 1. The molecule has 15 heavy (non-hydrogen) atoms. The molecule has 3 nitrogen and oxygen atoms in total. The van der Waals surface area contributed by atoms with E-state index in [0.29, 0.717) is 13.0 Å². The van der Waals surface area contributed by atoms with E-state index in [1.807, 2.05) is 18.2 Å². The van der Waals surface area contributed by atoms with E-state index < -0.39 is 0 Å². The van der Waals surface area contributed by atoms with Crippen LogP contribution in [-0.2, 0) is 0 Å². The smallest absolute Gasteiger partial charge is 0.305 e. The van der Waals surface area contributed by atoms with Crippen LogP contribution in [0.5, 0.6) is 0 Å². The molecule has 0 spiro atoms. The molecule has 4 heteroatoms. The van der Waals surface area contributed by atoms with Gasteiger partial charge in [0.15, 0.2) is 0 Å². The number of nitrogens with two attached hydrogens (primary N) is 1. The normalized spacial score (nSPS) is 9.93. The third kappa shape index (κ3) is 2.27. The quantitative estimate of drug-likeness (QED) is 0.709. The van der Waals surface area contributed by atoms with Crippen LogP contribution in [0, 0.1) is 11.8 Å². The van der Waals surface area contributed by atoms with Crippen LogP contribution in [0.2, 0.25) is 0 Å². The molecule has 0 radical (unpaired) electrons. The Balaban J connectivity index is 2.39. The molecule has 1 aromatic heterocycles. The zero-order valence-electron chi connectivity index (χ0n) is 8.04. The molecule has 2 aromatic rings. The molecule has 0 saturated heterocycles. The van der Waals surface area contributed by atoms with Crippen LogP contribution in [0.4, 0.5) is 0 Å². The second kappa shape index (κ2) is 4.30. The summed E-state index contributed by atoms with van der Waals surface area (Å²) < 4.78 is 0.944. The Bertz CT molecular complexity index is 586. The summed E-state index contributed by atoms with van der Waals surface area (Å²) in [6.07, 6.45) is 0.696. The Morgan fingerprint density at radius 1 is 1.47 bits per heavy atom. The zero-order chi connectivity index (χ0) is 10.7. The Morgan fingerprint density at radius 3 is 3.13 bits per heavy atom. The maximum absolute atomic E-state index is 11.1. The van der Waals surface area contributed by atoms with E-state index in [1.165, 1.54) is 11.3 Å². The summed E-state index contributed by atoms with van der Waals surface area (Å²) in [5.74, 6) is 5.97. The van der Waals surface area contributed by atoms with Gasteiger partial charge in [0.25, 0.3) is 0 Å².